The highest BCUT2D eigenvalue weighted by Gasteiger charge is 2.26. The normalized spacial score (nSPS) is 11.7. The lowest BCUT2D eigenvalue weighted by Gasteiger charge is -2.25. The average Bonchev–Trinajstić information content (AvgIpc) is 2.92. The van der Waals surface area contributed by atoms with E-state index >= 15 is 0 Å². The van der Waals surface area contributed by atoms with Crippen LogP contribution in [-0.4, -0.2) is 48.5 Å². The van der Waals surface area contributed by atoms with Gasteiger partial charge in [-0.3, -0.25) is 14.4 Å². The number of amides is 3. The molecule has 1 unspecified atom stereocenters. The first-order chi connectivity index (χ1) is 19.5. The monoisotopic (exact) mass is 561 g/mol. The van der Waals surface area contributed by atoms with Gasteiger partial charge in [0.15, 0.2) is 0 Å². The Morgan fingerprint density at radius 1 is 0.854 bits per heavy atom. The van der Waals surface area contributed by atoms with Crippen LogP contribution in [0.4, 0.5) is 4.79 Å². The Morgan fingerprint density at radius 2 is 1.51 bits per heavy atom. The number of hydroxylamine groups is 1. The molecule has 0 bridgehead atoms. The summed E-state index contributed by atoms with van der Waals surface area (Å²) < 4.78 is 11.4. The molecule has 0 aliphatic heterocycles. The highest BCUT2D eigenvalue weighted by molar-refractivity contribution is 5.85. The van der Waals surface area contributed by atoms with Gasteiger partial charge in [0.2, 0.25) is 11.8 Å². The SMILES string of the molecule is CN(C)C(=O)C(Cc1ccc(Oc2ccccc2CCC(=O)NOCc2ccccc2)cc1)NC(=O)OC(C)(C)C. The Hall–Kier alpha value is -4.37. The van der Waals surface area contributed by atoms with Gasteiger partial charge in [0, 0.05) is 26.9 Å². The lowest BCUT2D eigenvalue weighted by molar-refractivity contribution is -0.134. The third-order valence-electron chi connectivity index (χ3n) is 5.88. The van der Waals surface area contributed by atoms with Gasteiger partial charge < -0.3 is 19.7 Å². The van der Waals surface area contributed by atoms with Crippen molar-refractivity contribution < 1.29 is 28.7 Å². The molecule has 0 saturated heterocycles. The second kappa shape index (κ2) is 14.9. The molecule has 218 valence electrons. The molecule has 3 rings (SSSR count). The van der Waals surface area contributed by atoms with E-state index in [1.54, 1.807) is 47.0 Å². The molecule has 0 saturated carbocycles. The minimum absolute atomic E-state index is 0.220. The molecule has 0 spiro atoms. The van der Waals surface area contributed by atoms with E-state index in [1.807, 2.05) is 66.7 Å². The summed E-state index contributed by atoms with van der Waals surface area (Å²) in [6.45, 7) is 5.59. The molecular weight excluding hydrogens is 522 g/mol. The molecule has 9 heteroatoms. The Morgan fingerprint density at radius 3 is 2.17 bits per heavy atom. The van der Waals surface area contributed by atoms with E-state index < -0.39 is 17.7 Å². The standard InChI is InChI=1S/C32H39N3O6/c1-32(2,3)41-31(38)33-27(30(37)35(4)5)21-23-15-18-26(19-16-23)40-28-14-10-9-13-25(28)17-20-29(36)34-39-22-24-11-7-6-8-12-24/h6-16,18-19,27H,17,20-22H2,1-5H3,(H,33,38)(H,34,36). The number of carbonyl (C=O) groups is 3. The van der Waals surface area contributed by atoms with Crippen LogP contribution >= 0.6 is 0 Å². The van der Waals surface area contributed by atoms with E-state index in [9.17, 15) is 14.4 Å². The number of benzene rings is 3. The fourth-order valence-corrected chi connectivity index (χ4v) is 3.90. The van der Waals surface area contributed by atoms with Gasteiger partial charge in [0.05, 0.1) is 6.61 Å². The number of hydrogen-bond acceptors (Lipinski definition) is 6. The van der Waals surface area contributed by atoms with Crippen molar-refractivity contribution in [2.75, 3.05) is 14.1 Å². The molecule has 0 aromatic heterocycles. The summed E-state index contributed by atoms with van der Waals surface area (Å²) in [5.41, 5.74) is 4.51. The summed E-state index contributed by atoms with van der Waals surface area (Å²) in [6.07, 6.45) is 0.347. The second-order valence-corrected chi connectivity index (χ2v) is 10.8. The van der Waals surface area contributed by atoms with Gasteiger partial charge in [-0.2, -0.15) is 0 Å². The zero-order valence-corrected chi connectivity index (χ0v) is 24.3. The lowest BCUT2D eigenvalue weighted by atomic mass is 10.0. The number of rotatable bonds is 12. The third kappa shape index (κ3) is 11.0. The summed E-state index contributed by atoms with van der Waals surface area (Å²) >= 11 is 0. The molecule has 3 amide bonds. The van der Waals surface area contributed by atoms with Crippen LogP contribution in [0.5, 0.6) is 11.5 Å². The molecule has 0 aliphatic rings. The topological polar surface area (TPSA) is 106 Å². The second-order valence-electron chi connectivity index (χ2n) is 10.8. The van der Waals surface area contributed by atoms with E-state index in [1.165, 1.54) is 4.90 Å². The van der Waals surface area contributed by atoms with Gasteiger partial charge in [-0.05, 0) is 62.1 Å². The highest BCUT2D eigenvalue weighted by Crippen LogP contribution is 2.27. The zero-order chi connectivity index (χ0) is 29.8. The highest BCUT2D eigenvalue weighted by atomic mass is 16.6. The van der Waals surface area contributed by atoms with Gasteiger partial charge in [0.1, 0.15) is 23.1 Å². The Kier molecular flexibility index (Phi) is 11.3. The third-order valence-corrected chi connectivity index (χ3v) is 5.88. The fraction of sp³-hybridized carbons (Fsp3) is 0.344. The Balaban J connectivity index is 1.56. The maximum atomic E-state index is 12.7. The summed E-state index contributed by atoms with van der Waals surface area (Å²) in [5, 5.41) is 2.68. The smallest absolute Gasteiger partial charge is 0.408 e. The van der Waals surface area contributed by atoms with Crippen LogP contribution in [0.15, 0.2) is 78.9 Å². The molecule has 41 heavy (non-hydrogen) atoms. The van der Waals surface area contributed by atoms with Gasteiger partial charge in [-0.1, -0.05) is 60.7 Å². The van der Waals surface area contributed by atoms with E-state index in [0.717, 1.165) is 16.7 Å². The van der Waals surface area contributed by atoms with Crippen LogP contribution < -0.4 is 15.5 Å². The van der Waals surface area contributed by atoms with Crippen LogP contribution in [0.25, 0.3) is 0 Å². The maximum Gasteiger partial charge on any atom is 0.408 e. The van der Waals surface area contributed by atoms with Crippen LogP contribution in [0.2, 0.25) is 0 Å². The van der Waals surface area contributed by atoms with Crippen molar-refractivity contribution >= 4 is 17.9 Å². The summed E-state index contributed by atoms with van der Waals surface area (Å²) in [6, 6.07) is 23.7. The van der Waals surface area contributed by atoms with Crippen molar-refractivity contribution in [3.05, 3.63) is 95.6 Å². The van der Waals surface area contributed by atoms with E-state index in [-0.39, 0.29) is 24.7 Å². The average molecular weight is 562 g/mol. The largest absolute Gasteiger partial charge is 0.457 e. The van der Waals surface area contributed by atoms with Crippen molar-refractivity contribution in [3.8, 4) is 11.5 Å². The fourth-order valence-electron chi connectivity index (χ4n) is 3.90. The van der Waals surface area contributed by atoms with Crippen molar-refractivity contribution in [1.29, 1.82) is 0 Å². The lowest BCUT2D eigenvalue weighted by Crippen LogP contribution is -2.48. The predicted octanol–water partition coefficient (Wildman–Crippen LogP) is 5.18. The Bertz CT molecular complexity index is 1290. The van der Waals surface area contributed by atoms with Gasteiger partial charge in [-0.25, -0.2) is 10.3 Å². The minimum Gasteiger partial charge on any atom is -0.457 e. The summed E-state index contributed by atoms with van der Waals surface area (Å²) in [7, 11) is 3.28. The van der Waals surface area contributed by atoms with Crippen molar-refractivity contribution in [2.24, 2.45) is 0 Å². The molecule has 1 atom stereocenters. The molecule has 0 heterocycles. The van der Waals surface area contributed by atoms with Crippen LogP contribution in [0.3, 0.4) is 0 Å². The molecule has 3 aromatic carbocycles. The molecule has 0 radical (unpaired) electrons. The number of carbonyl (C=O) groups excluding carboxylic acids is 3. The van der Waals surface area contributed by atoms with E-state index in [4.69, 9.17) is 14.3 Å². The van der Waals surface area contributed by atoms with Crippen molar-refractivity contribution in [2.45, 2.75) is 58.3 Å². The number of likely N-dealkylation sites (N-methyl/N-ethyl adjacent to an activating group) is 1. The number of para-hydroxylation sites is 1. The summed E-state index contributed by atoms with van der Waals surface area (Å²) in [4.78, 5) is 44.1. The molecule has 3 aromatic rings. The van der Waals surface area contributed by atoms with Crippen molar-refractivity contribution in [3.63, 3.8) is 0 Å². The van der Waals surface area contributed by atoms with Crippen LogP contribution in [-0.2, 0) is 38.6 Å². The maximum absolute atomic E-state index is 12.7. The number of nitrogens with zero attached hydrogens (tertiary/aromatic N) is 1. The quantitative estimate of drug-likeness (QED) is 0.295. The van der Waals surface area contributed by atoms with Crippen LogP contribution in [0.1, 0.15) is 43.9 Å². The Labute approximate surface area is 241 Å². The molecule has 0 fully saturated rings. The van der Waals surface area contributed by atoms with Gasteiger partial charge >= 0.3 is 6.09 Å². The zero-order valence-electron chi connectivity index (χ0n) is 24.3. The number of hydrogen-bond donors (Lipinski definition) is 2. The molecular formula is C32H39N3O6. The minimum atomic E-state index is -0.782. The number of alkyl carbamates (subject to hydrolysis) is 1. The molecule has 2 N–H and O–H groups in total. The van der Waals surface area contributed by atoms with Gasteiger partial charge in [-0.15, -0.1) is 0 Å². The molecule has 0 aliphatic carbocycles. The first-order valence-corrected chi connectivity index (χ1v) is 13.5. The summed E-state index contributed by atoms with van der Waals surface area (Å²) in [5.74, 6) is 0.791. The number of aryl methyl sites for hydroxylation is 1. The first kappa shape index (κ1) is 31.2. The van der Waals surface area contributed by atoms with E-state index in [2.05, 4.69) is 10.8 Å². The van der Waals surface area contributed by atoms with Gasteiger partial charge in [0.25, 0.3) is 0 Å². The van der Waals surface area contributed by atoms with Crippen LogP contribution in [0, 0.1) is 0 Å². The first-order valence-electron chi connectivity index (χ1n) is 13.5. The number of ether oxygens (including phenoxy) is 2. The van der Waals surface area contributed by atoms with Crippen molar-refractivity contribution in [1.82, 2.24) is 15.7 Å². The number of nitrogens with one attached hydrogen (secondary N) is 2. The molecule has 9 nitrogen and oxygen atoms in total. The van der Waals surface area contributed by atoms with E-state index in [0.29, 0.717) is 24.5 Å². The predicted molar refractivity (Wildman–Crippen MR) is 156 cm³/mol.